The number of rotatable bonds is 5. The summed E-state index contributed by atoms with van der Waals surface area (Å²) >= 11 is 0. The van der Waals surface area contributed by atoms with Crippen LogP contribution >= 0.6 is 0 Å². The molecule has 0 amide bonds. The molecule has 5 atom stereocenters. The third kappa shape index (κ3) is 2.21. The highest BCUT2D eigenvalue weighted by Crippen LogP contribution is 2.76. The van der Waals surface area contributed by atoms with Crippen LogP contribution in [-0.4, -0.2) is 37.0 Å². The van der Waals surface area contributed by atoms with E-state index in [2.05, 4.69) is 0 Å². The molecule has 7 rings (SSSR count). The quantitative estimate of drug-likeness (QED) is 0.559. The third-order valence-corrected chi connectivity index (χ3v) is 9.47. The molecular weight excluding hydrogens is 385 g/mol. The molecule has 0 aromatic rings. The predicted molar refractivity (Wildman–Crippen MR) is 86.9 cm³/mol. The van der Waals surface area contributed by atoms with Crippen molar-refractivity contribution in [2.24, 2.45) is 46.8 Å². The molecule has 9 heteroatoms. The standard InChI is InChI=1S/C18H23F3O5S/c19-15(18(20,21)27(23,24)25)7-26-16(22)17-6-9-2-11-10-1-8(4-13(11)17)5-14(17)12(10)3-9/h8-15H,1-7H2,(H,23,24,25)/t8?,9?,10?,11?,12?,13?,14?,15-,17?/m1/s1. The van der Waals surface area contributed by atoms with Crippen LogP contribution in [-0.2, 0) is 19.6 Å². The summed E-state index contributed by atoms with van der Waals surface area (Å²) in [7, 11) is -5.91. The van der Waals surface area contributed by atoms with Gasteiger partial charge in [0.15, 0.2) is 0 Å². The van der Waals surface area contributed by atoms with E-state index >= 15 is 0 Å². The number of hydrogen-bond acceptors (Lipinski definition) is 4. The first kappa shape index (κ1) is 18.2. The zero-order valence-corrected chi connectivity index (χ0v) is 15.5. The maximum absolute atomic E-state index is 13.8. The number of carbonyl (C=O) groups is 1. The maximum atomic E-state index is 13.8. The van der Waals surface area contributed by atoms with Crippen LogP contribution in [0.1, 0.15) is 38.5 Å². The molecular formula is C18H23F3O5S. The number of halogens is 3. The minimum Gasteiger partial charge on any atom is -0.462 e. The first-order valence-electron chi connectivity index (χ1n) is 9.72. The summed E-state index contributed by atoms with van der Waals surface area (Å²) < 4.78 is 75.5. The van der Waals surface area contributed by atoms with Crippen LogP contribution in [0.15, 0.2) is 0 Å². The normalized spacial score (nSPS) is 48.1. The lowest BCUT2D eigenvalue weighted by Gasteiger charge is -2.73. The Labute approximate surface area is 155 Å². The van der Waals surface area contributed by atoms with Gasteiger partial charge in [-0.05, 0) is 80.0 Å². The summed E-state index contributed by atoms with van der Waals surface area (Å²) in [5.74, 6) is 2.39. The Kier molecular flexibility index (Phi) is 3.64. The molecule has 8 bridgehead atoms. The molecule has 0 heterocycles. The molecule has 0 aromatic carbocycles. The van der Waals surface area contributed by atoms with Gasteiger partial charge in [0.1, 0.15) is 6.61 Å². The Morgan fingerprint density at radius 1 is 1.07 bits per heavy atom. The van der Waals surface area contributed by atoms with Crippen molar-refractivity contribution in [2.75, 3.05) is 6.61 Å². The summed E-state index contributed by atoms with van der Waals surface area (Å²) in [6, 6.07) is 0. The van der Waals surface area contributed by atoms with Gasteiger partial charge in [-0.15, -0.1) is 0 Å². The van der Waals surface area contributed by atoms with Crippen molar-refractivity contribution >= 4 is 16.1 Å². The summed E-state index contributed by atoms with van der Waals surface area (Å²) in [5, 5.41) is -4.99. The van der Waals surface area contributed by atoms with E-state index < -0.39 is 39.5 Å². The van der Waals surface area contributed by atoms with Gasteiger partial charge in [-0.1, -0.05) is 0 Å². The SMILES string of the molecule is O=C(OC[C@@H](F)C(F)(F)S(=O)(=O)O)C12CC3CC4C5CC(CC41)CC2C5C3. The van der Waals surface area contributed by atoms with Crippen LogP contribution in [0.25, 0.3) is 0 Å². The summed E-state index contributed by atoms with van der Waals surface area (Å²) in [4.78, 5) is 13.1. The van der Waals surface area contributed by atoms with Gasteiger partial charge in [0.05, 0.1) is 5.41 Å². The Morgan fingerprint density at radius 2 is 1.63 bits per heavy atom. The molecule has 0 saturated heterocycles. The second kappa shape index (κ2) is 5.40. The third-order valence-electron chi connectivity index (χ3n) is 8.52. The lowest BCUT2D eigenvalue weighted by Crippen LogP contribution is -2.70. The lowest BCUT2D eigenvalue weighted by molar-refractivity contribution is -0.260. The average Bonchev–Trinajstić information content (AvgIpc) is 2.61. The van der Waals surface area contributed by atoms with E-state index in [-0.39, 0.29) is 11.8 Å². The van der Waals surface area contributed by atoms with Crippen LogP contribution < -0.4 is 0 Å². The zero-order valence-electron chi connectivity index (χ0n) is 14.7. The highest BCUT2D eigenvalue weighted by molar-refractivity contribution is 7.86. The molecule has 0 spiro atoms. The lowest BCUT2D eigenvalue weighted by atomic mass is 9.31. The Balaban J connectivity index is 1.38. The first-order valence-corrected chi connectivity index (χ1v) is 11.2. The van der Waals surface area contributed by atoms with E-state index in [1.165, 1.54) is 6.42 Å². The minimum atomic E-state index is -5.91. The van der Waals surface area contributed by atoms with Gasteiger partial charge in [0.2, 0.25) is 6.17 Å². The highest BCUT2D eigenvalue weighted by Gasteiger charge is 2.73. The fourth-order valence-corrected chi connectivity index (χ4v) is 8.28. The molecule has 27 heavy (non-hydrogen) atoms. The van der Waals surface area contributed by atoms with E-state index in [0.717, 1.165) is 25.7 Å². The summed E-state index contributed by atoms with van der Waals surface area (Å²) in [6.45, 7) is -1.36. The number of esters is 1. The van der Waals surface area contributed by atoms with Gasteiger partial charge < -0.3 is 4.74 Å². The van der Waals surface area contributed by atoms with E-state index in [4.69, 9.17) is 9.29 Å². The molecule has 0 aromatic heterocycles. The Morgan fingerprint density at radius 3 is 2.19 bits per heavy atom. The number of carbonyl (C=O) groups excluding carboxylic acids is 1. The van der Waals surface area contributed by atoms with Gasteiger partial charge >= 0.3 is 21.3 Å². The van der Waals surface area contributed by atoms with Crippen molar-refractivity contribution in [3.8, 4) is 0 Å². The van der Waals surface area contributed by atoms with Crippen LogP contribution in [0.4, 0.5) is 13.2 Å². The zero-order chi connectivity index (χ0) is 19.4. The van der Waals surface area contributed by atoms with Crippen molar-refractivity contribution in [1.82, 2.24) is 0 Å². The van der Waals surface area contributed by atoms with E-state index in [0.29, 0.717) is 36.0 Å². The highest BCUT2D eigenvalue weighted by atomic mass is 32.2. The fourth-order valence-electron chi connectivity index (χ4n) is 7.88. The van der Waals surface area contributed by atoms with E-state index in [9.17, 15) is 26.4 Å². The molecule has 5 nitrogen and oxygen atoms in total. The van der Waals surface area contributed by atoms with Crippen LogP contribution in [0, 0.1) is 46.8 Å². The van der Waals surface area contributed by atoms with E-state index in [1.54, 1.807) is 0 Å². The molecule has 152 valence electrons. The maximum Gasteiger partial charge on any atom is 0.403 e. The second-order valence-corrected chi connectivity index (χ2v) is 11.0. The molecule has 7 saturated carbocycles. The van der Waals surface area contributed by atoms with Crippen molar-refractivity contribution in [1.29, 1.82) is 0 Å². The molecule has 7 aliphatic rings. The fraction of sp³-hybridized carbons (Fsp3) is 0.944. The average molecular weight is 408 g/mol. The topological polar surface area (TPSA) is 80.7 Å². The van der Waals surface area contributed by atoms with Crippen LogP contribution in [0.5, 0.6) is 0 Å². The van der Waals surface area contributed by atoms with Crippen LogP contribution in [0.3, 0.4) is 0 Å². The molecule has 0 radical (unpaired) electrons. The summed E-state index contributed by atoms with van der Waals surface area (Å²) in [6.07, 6.45) is 2.75. The van der Waals surface area contributed by atoms with E-state index in [1.807, 2.05) is 0 Å². The van der Waals surface area contributed by atoms with Crippen molar-refractivity contribution in [3.05, 3.63) is 0 Å². The van der Waals surface area contributed by atoms with Crippen molar-refractivity contribution in [3.63, 3.8) is 0 Å². The Bertz CT molecular complexity index is 760. The molecule has 7 fully saturated rings. The number of hydrogen-bond donors (Lipinski definition) is 1. The monoisotopic (exact) mass is 408 g/mol. The smallest absolute Gasteiger partial charge is 0.403 e. The van der Waals surface area contributed by atoms with Gasteiger partial charge in [0.25, 0.3) is 0 Å². The minimum absolute atomic E-state index is 0.181. The molecule has 1 N–H and O–H groups in total. The largest absolute Gasteiger partial charge is 0.462 e. The predicted octanol–water partition coefficient (Wildman–Crippen LogP) is 3.06. The molecule has 7 aliphatic carbocycles. The van der Waals surface area contributed by atoms with Gasteiger partial charge in [-0.3, -0.25) is 9.35 Å². The van der Waals surface area contributed by atoms with Crippen molar-refractivity contribution in [2.45, 2.75) is 50.0 Å². The molecule has 4 unspecified atom stereocenters. The van der Waals surface area contributed by atoms with Gasteiger partial charge in [0, 0.05) is 0 Å². The molecule has 0 aliphatic heterocycles. The summed E-state index contributed by atoms with van der Waals surface area (Å²) in [5.41, 5.74) is -0.711. The second-order valence-electron chi connectivity index (χ2n) is 9.46. The van der Waals surface area contributed by atoms with Crippen molar-refractivity contribution < 1.29 is 35.7 Å². The van der Waals surface area contributed by atoms with Gasteiger partial charge in [-0.25, -0.2) is 4.39 Å². The number of ether oxygens (including phenoxy) is 1. The first-order chi connectivity index (χ1) is 12.6. The number of alkyl halides is 3. The van der Waals surface area contributed by atoms with Crippen LogP contribution in [0.2, 0.25) is 0 Å². The Hall–Kier alpha value is -0.830. The van der Waals surface area contributed by atoms with Gasteiger partial charge in [-0.2, -0.15) is 17.2 Å².